The molecule has 6 heteroatoms. The Morgan fingerprint density at radius 1 is 1.03 bits per heavy atom. The fraction of sp³-hybridized carbons (Fsp3) is 0.0870. The Morgan fingerprint density at radius 3 is 2.66 bits per heavy atom. The number of aromatic nitrogens is 1. The molecule has 0 radical (unpaired) electrons. The average molecular weight is 385 g/mol. The minimum absolute atomic E-state index is 0.0730. The number of carbonyl (C=O) groups is 1. The minimum Gasteiger partial charge on any atom is -0.508 e. The van der Waals surface area contributed by atoms with Gasteiger partial charge in [0.1, 0.15) is 22.7 Å². The highest BCUT2D eigenvalue weighted by atomic mass is 16.3. The molecular weight excluding hydrogens is 366 g/mol. The highest BCUT2D eigenvalue weighted by Crippen LogP contribution is 2.21. The number of phenolic OH excluding ortho intramolecular Hbond substituents is 1. The molecule has 2 aromatic carbocycles. The number of aromatic hydroxyl groups is 1. The fourth-order valence-electron chi connectivity index (χ4n) is 2.89. The molecule has 0 saturated heterocycles. The predicted octanol–water partition coefficient (Wildman–Crippen LogP) is 4.63. The second-order valence-corrected chi connectivity index (χ2v) is 6.81. The molecule has 0 aliphatic heterocycles. The maximum Gasteiger partial charge on any atom is 0.262 e. The highest BCUT2D eigenvalue weighted by molar-refractivity contribution is 6.05. The van der Waals surface area contributed by atoms with Crippen molar-refractivity contribution in [2.75, 3.05) is 5.32 Å². The molecule has 0 bridgehead atoms. The van der Waals surface area contributed by atoms with Crippen molar-refractivity contribution < 1.29 is 14.3 Å². The third-order valence-electron chi connectivity index (χ3n) is 4.36. The van der Waals surface area contributed by atoms with E-state index in [1.807, 2.05) is 44.2 Å². The van der Waals surface area contributed by atoms with Crippen molar-refractivity contribution in [2.45, 2.75) is 13.8 Å². The van der Waals surface area contributed by atoms with Gasteiger partial charge in [0.05, 0.1) is 5.69 Å². The molecule has 0 spiro atoms. The lowest BCUT2D eigenvalue weighted by Gasteiger charge is -2.07. The van der Waals surface area contributed by atoms with Crippen molar-refractivity contribution in [3.05, 3.63) is 89.1 Å². The van der Waals surface area contributed by atoms with Crippen LogP contribution in [0.5, 0.6) is 5.75 Å². The van der Waals surface area contributed by atoms with Gasteiger partial charge in [-0.25, -0.2) is 9.98 Å². The molecule has 2 heterocycles. The van der Waals surface area contributed by atoms with Crippen molar-refractivity contribution in [3.63, 3.8) is 0 Å². The van der Waals surface area contributed by atoms with E-state index in [0.29, 0.717) is 22.5 Å². The maximum atomic E-state index is 13.0. The molecule has 0 fully saturated rings. The predicted molar refractivity (Wildman–Crippen MR) is 111 cm³/mol. The number of amides is 1. The van der Waals surface area contributed by atoms with Crippen LogP contribution in [0.3, 0.4) is 0 Å². The number of fused-ring (bicyclic) bond motifs is 1. The van der Waals surface area contributed by atoms with Crippen LogP contribution in [0.4, 0.5) is 11.5 Å². The van der Waals surface area contributed by atoms with E-state index < -0.39 is 0 Å². The van der Waals surface area contributed by atoms with Crippen molar-refractivity contribution in [2.24, 2.45) is 4.99 Å². The topological polar surface area (TPSA) is 87.7 Å². The largest absolute Gasteiger partial charge is 0.508 e. The molecule has 6 nitrogen and oxygen atoms in total. The first-order valence-corrected chi connectivity index (χ1v) is 9.10. The number of nitrogens with one attached hydrogen (secondary N) is 1. The van der Waals surface area contributed by atoms with E-state index in [-0.39, 0.29) is 22.8 Å². The quantitative estimate of drug-likeness (QED) is 0.538. The van der Waals surface area contributed by atoms with Crippen LogP contribution in [0.2, 0.25) is 0 Å². The summed E-state index contributed by atoms with van der Waals surface area (Å²) in [7, 11) is 0. The van der Waals surface area contributed by atoms with Crippen LogP contribution in [0.1, 0.15) is 21.5 Å². The number of hydrogen-bond donors (Lipinski definition) is 2. The van der Waals surface area contributed by atoms with Crippen molar-refractivity contribution in [1.29, 1.82) is 0 Å². The summed E-state index contributed by atoms with van der Waals surface area (Å²) in [6.45, 7) is 3.89. The second kappa shape index (κ2) is 7.59. The number of anilines is 1. The van der Waals surface area contributed by atoms with E-state index in [9.17, 15) is 9.90 Å². The minimum atomic E-state index is -0.383. The molecular formula is C23H19N3O3. The van der Waals surface area contributed by atoms with Gasteiger partial charge in [0.2, 0.25) is 5.55 Å². The van der Waals surface area contributed by atoms with E-state index in [1.54, 1.807) is 30.5 Å². The van der Waals surface area contributed by atoms with Crippen LogP contribution in [-0.4, -0.2) is 16.0 Å². The van der Waals surface area contributed by atoms with Crippen LogP contribution < -0.4 is 10.9 Å². The molecule has 0 atom stereocenters. The molecule has 29 heavy (non-hydrogen) atoms. The first kappa shape index (κ1) is 18.4. The number of aryl methyl sites for hydroxylation is 2. The van der Waals surface area contributed by atoms with Crippen LogP contribution in [0.15, 0.2) is 76.3 Å². The summed E-state index contributed by atoms with van der Waals surface area (Å²) in [5.74, 6) is 0.128. The first-order chi connectivity index (χ1) is 14.0. The van der Waals surface area contributed by atoms with Gasteiger partial charge in [0, 0.05) is 17.6 Å². The highest BCUT2D eigenvalue weighted by Gasteiger charge is 2.14. The lowest BCUT2D eigenvalue weighted by Crippen LogP contribution is -2.22. The van der Waals surface area contributed by atoms with Crippen molar-refractivity contribution in [1.82, 2.24) is 4.98 Å². The number of pyridine rings is 1. The Kier molecular flexibility index (Phi) is 4.83. The molecule has 2 N–H and O–H groups in total. The van der Waals surface area contributed by atoms with Crippen LogP contribution in [0.25, 0.3) is 11.0 Å². The van der Waals surface area contributed by atoms with Gasteiger partial charge < -0.3 is 14.8 Å². The molecule has 1 amide bonds. The van der Waals surface area contributed by atoms with E-state index in [4.69, 9.17) is 4.42 Å². The average Bonchev–Trinajstić information content (AvgIpc) is 2.69. The Balaban J connectivity index is 1.85. The van der Waals surface area contributed by atoms with E-state index in [2.05, 4.69) is 15.3 Å². The Morgan fingerprint density at radius 2 is 1.90 bits per heavy atom. The number of nitrogens with zero attached hydrogens (tertiary/aromatic N) is 2. The van der Waals surface area contributed by atoms with Gasteiger partial charge >= 0.3 is 0 Å². The molecule has 2 aromatic heterocycles. The van der Waals surface area contributed by atoms with E-state index in [0.717, 1.165) is 11.1 Å². The molecule has 4 rings (SSSR count). The van der Waals surface area contributed by atoms with Gasteiger partial charge in [-0.3, -0.25) is 4.79 Å². The van der Waals surface area contributed by atoms with E-state index in [1.165, 1.54) is 6.07 Å². The number of benzene rings is 2. The lowest BCUT2D eigenvalue weighted by atomic mass is 10.1. The van der Waals surface area contributed by atoms with Gasteiger partial charge in [0.25, 0.3) is 5.91 Å². The normalized spacial score (nSPS) is 11.6. The molecule has 0 saturated carbocycles. The number of rotatable bonds is 3. The lowest BCUT2D eigenvalue weighted by molar-refractivity contribution is 0.102. The summed E-state index contributed by atoms with van der Waals surface area (Å²) >= 11 is 0. The summed E-state index contributed by atoms with van der Waals surface area (Å²) in [4.78, 5) is 21.7. The van der Waals surface area contributed by atoms with Gasteiger partial charge in [0.15, 0.2) is 0 Å². The molecule has 4 aromatic rings. The SMILES string of the molecule is Cc1ccc(NC(=O)c2cc3ccc(O)cc3oc2=Nc2cccc(C)c2)nc1. The molecule has 0 aliphatic carbocycles. The van der Waals surface area contributed by atoms with Crippen LogP contribution >= 0.6 is 0 Å². The summed E-state index contributed by atoms with van der Waals surface area (Å²) in [5.41, 5.74) is 3.56. The summed E-state index contributed by atoms with van der Waals surface area (Å²) in [6, 6.07) is 17.6. The fourth-order valence-corrected chi connectivity index (χ4v) is 2.89. The number of carbonyl (C=O) groups excluding carboxylic acids is 1. The summed E-state index contributed by atoms with van der Waals surface area (Å²) in [5, 5.41) is 13.2. The second-order valence-electron chi connectivity index (χ2n) is 6.81. The Labute approximate surface area is 167 Å². The number of phenols is 1. The van der Waals surface area contributed by atoms with Crippen molar-refractivity contribution in [3.8, 4) is 5.75 Å². The third-order valence-corrected chi connectivity index (χ3v) is 4.36. The standard InChI is InChI=1S/C23H19N3O3/c1-14-4-3-5-17(10-14)25-23-19(11-16-7-8-18(27)12-20(16)29-23)22(28)26-21-9-6-15(2)13-24-21/h3-13,27H,1-2H3,(H,24,26,28). The van der Waals surface area contributed by atoms with Crippen LogP contribution in [0, 0.1) is 13.8 Å². The van der Waals surface area contributed by atoms with Crippen molar-refractivity contribution >= 4 is 28.4 Å². The zero-order valence-electron chi connectivity index (χ0n) is 16.0. The summed E-state index contributed by atoms with van der Waals surface area (Å²) in [6.07, 6.45) is 1.68. The monoisotopic (exact) mass is 385 g/mol. The molecule has 0 aliphatic rings. The zero-order chi connectivity index (χ0) is 20.4. The van der Waals surface area contributed by atoms with E-state index >= 15 is 0 Å². The van der Waals surface area contributed by atoms with Gasteiger partial charge in [-0.2, -0.15) is 0 Å². The zero-order valence-corrected chi connectivity index (χ0v) is 16.0. The molecule has 144 valence electrons. The smallest absolute Gasteiger partial charge is 0.262 e. The van der Waals surface area contributed by atoms with Gasteiger partial charge in [-0.1, -0.05) is 18.2 Å². The third kappa shape index (κ3) is 4.16. The maximum absolute atomic E-state index is 13.0. The van der Waals surface area contributed by atoms with Crippen LogP contribution in [-0.2, 0) is 0 Å². The van der Waals surface area contributed by atoms with Gasteiger partial charge in [-0.05, 0) is 61.4 Å². The number of hydrogen-bond acceptors (Lipinski definition) is 5. The molecule has 0 unspecified atom stereocenters. The Bertz CT molecular complexity index is 1270. The van der Waals surface area contributed by atoms with Gasteiger partial charge in [-0.15, -0.1) is 0 Å². The summed E-state index contributed by atoms with van der Waals surface area (Å²) < 4.78 is 5.89. The first-order valence-electron chi connectivity index (χ1n) is 9.10. The Hall–Kier alpha value is -3.93.